The van der Waals surface area contributed by atoms with Crippen molar-refractivity contribution in [2.75, 3.05) is 0 Å². The first kappa shape index (κ1) is 16.2. The van der Waals surface area contributed by atoms with Gasteiger partial charge in [-0.3, -0.25) is 9.59 Å². The SMILES string of the molecule is NC(=O)[C@H](Cc1cccc(Br)c1)NC(=O)Cc1ccccc1. The molecule has 0 bridgehead atoms. The molecule has 2 aromatic carbocycles. The van der Waals surface area contributed by atoms with Crippen LogP contribution < -0.4 is 11.1 Å². The smallest absolute Gasteiger partial charge is 0.240 e. The van der Waals surface area contributed by atoms with Crippen molar-refractivity contribution in [1.82, 2.24) is 5.32 Å². The van der Waals surface area contributed by atoms with Gasteiger partial charge in [0.05, 0.1) is 6.42 Å². The summed E-state index contributed by atoms with van der Waals surface area (Å²) >= 11 is 3.38. The van der Waals surface area contributed by atoms with Crippen molar-refractivity contribution in [3.05, 3.63) is 70.2 Å². The third-order valence-electron chi connectivity index (χ3n) is 3.22. The van der Waals surface area contributed by atoms with Crippen LogP contribution in [0.25, 0.3) is 0 Å². The minimum atomic E-state index is -0.717. The highest BCUT2D eigenvalue weighted by Crippen LogP contribution is 2.13. The second-order valence-corrected chi connectivity index (χ2v) is 5.93. The maximum absolute atomic E-state index is 12.1. The van der Waals surface area contributed by atoms with Crippen molar-refractivity contribution in [2.24, 2.45) is 5.73 Å². The predicted octanol–water partition coefficient (Wildman–Crippen LogP) is 2.20. The second kappa shape index (κ2) is 7.75. The van der Waals surface area contributed by atoms with E-state index in [0.29, 0.717) is 6.42 Å². The van der Waals surface area contributed by atoms with Gasteiger partial charge in [0.1, 0.15) is 6.04 Å². The maximum Gasteiger partial charge on any atom is 0.240 e. The van der Waals surface area contributed by atoms with Crippen LogP contribution >= 0.6 is 15.9 Å². The summed E-state index contributed by atoms with van der Waals surface area (Å²) in [6.07, 6.45) is 0.596. The average molecular weight is 361 g/mol. The summed E-state index contributed by atoms with van der Waals surface area (Å²) in [6.45, 7) is 0. The number of carbonyl (C=O) groups is 2. The number of nitrogens with two attached hydrogens (primary N) is 1. The zero-order valence-corrected chi connectivity index (χ0v) is 13.5. The molecule has 3 N–H and O–H groups in total. The molecule has 0 unspecified atom stereocenters. The first-order valence-corrected chi connectivity index (χ1v) is 7.71. The monoisotopic (exact) mass is 360 g/mol. The van der Waals surface area contributed by atoms with Gasteiger partial charge >= 0.3 is 0 Å². The van der Waals surface area contributed by atoms with E-state index in [1.54, 1.807) is 0 Å². The van der Waals surface area contributed by atoms with Crippen molar-refractivity contribution < 1.29 is 9.59 Å². The molecular weight excluding hydrogens is 344 g/mol. The van der Waals surface area contributed by atoms with E-state index in [2.05, 4.69) is 21.2 Å². The van der Waals surface area contributed by atoms with Gasteiger partial charge in [-0.25, -0.2) is 0 Å². The van der Waals surface area contributed by atoms with Gasteiger partial charge in [-0.2, -0.15) is 0 Å². The fraction of sp³-hybridized carbons (Fsp3) is 0.176. The molecule has 0 aliphatic carbocycles. The van der Waals surface area contributed by atoms with Crippen LogP contribution in [0.1, 0.15) is 11.1 Å². The summed E-state index contributed by atoms with van der Waals surface area (Å²) in [5, 5.41) is 2.70. The number of halogens is 1. The molecule has 0 radical (unpaired) electrons. The van der Waals surface area contributed by atoms with Crippen molar-refractivity contribution in [3.63, 3.8) is 0 Å². The largest absolute Gasteiger partial charge is 0.368 e. The first-order chi connectivity index (χ1) is 10.5. The van der Waals surface area contributed by atoms with Crippen LogP contribution in [0.3, 0.4) is 0 Å². The zero-order chi connectivity index (χ0) is 15.9. The predicted molar refractivity (Wildman–Crippen MR) is 89.1 cm³/mol. The zero-order valence-electron chi connectivity index (χ0n) is 12.0. The lowest BCUT2D eigenvalue weighted by Gasteiger charge is -2.16. The molecule has 0 heterocycles. The molecule has 2 rings (SSSR count). The average Bonchev–Trinajstić information content (AvgIpc) is 2.47. The van der Waals surface area contributed by atoms with Crippen LogP contribution in [-0.2, 0) is 22.4 Å². The lowest BCUT2D eigenvalue weighted by molar-refractivity contribution is -0.127. The van der Waals surface area contributed by atoms with Gasteiger partial charge in [0.2, 0.25) is 11.8 Å². The highest BCUT2D eigenvalue weighted by molar-refractivity contribution is 9.10. The minimum absolute atomic E-state index is 0.218. The molecule has 0 aliphatic heterocycles. The third-order valence-corrected chi connectivity index (χ3v) is 3.71. The molecule has 2 aromatic rings. The van der Waals surface area contributed by atoms with Crippen LogP contribution in [0.4, 0.5) is 0 Å². The van der Waals surface area contributed by atoms with E-state index in [-0.39, 0.29) is 12.3 Å². The summed E-state index contributed by atoms with van der Waals surface area (Å²) in [4.78, 5) is 23.6. The second-order valence-electron chi connectivity index (χ2n) is 5.02. The molecule has 114 valence electrons. The van der Waals surface area contributed by atoms with E-state index >= 15 is 0 Å². The number of primary amides is 1. The molecule has 0 fully saturated rings. The van der Waals surface area contributed by atoms with Crippen LogP contribution in [0.15, 0.2) is 59.1 Å². The number of benzene rings is 2. The summed E-state index contributed by atoms with van der Waals surface area (Å²) in [7, 11) is 0. The Morgan fingerprint density at radius 1 is 1.05 bits per heavy atom. The highest BCUT2D eigenvalue weighted by Gasteiger charge is 2.18. The Morgan fingerprint density at radius 3 is 2.36 bits per heavy atom. The molecule has 4 nitrogen and oxygen atoms in total. The van der Waals surface area contributed by atoms with Crippen molar-refractivity contribution in [3.8, 4) is 0 Å². The lowest BCUT2D eigenvalue weighted by Crippen LogP contribution is -2.46. The van der Waals surface area contributed by atoms with Gasteiger partial charge in [-0.1, -0.05) is 58.4 Å². The highest BCUT2D eigenvalue weighted by atomic mass is 79.9. The van der Waals surface area contributed by atoms with Crippen LogP contribution in [0.2, 0.25) is 0 Å². The molecule has 0 aliphatic rings. The summed E-state index contributed by atoms with van der Waals surface area (Å²) in [6, 6.07) is 16.2. The van der Waals surface area contributed by atoms with Gasteiger partial charge in [0.25, 0.3) is 0 Å². The van der Waals surface area contributed by atoms with E-state index in [0.717, 1.165) is 15.6 Å². The summed E-state index contributed by atoms with van der Waals surface area (Å²) < 4.78 is 0.920. The Kier molecular flexibility index (Phi) is 5.72. The molecule has 22 heavy (non-hydrogen) atoms. The minimum Gasteiger partial charge on any atom is -0.368 e. The number of carbonyl (C=O) groups excluding carboxylic acids is 2. The molecule has 0 aromatic heterocycles. The summed E-state index contributed by atoms with van der Waals surface area (Å²) in [5.41, 5.74) is 7.22. The van der Waals surface area contributed by atoms with E-state index in [9.17, 15) is 9.59 Å². The van der Waals surface area contributed by atoms with Gasteiger partial charge < -0.3 is 11.1 Å². The van der Waals surface area contributed by atoms with Gasteiger partial charge in [-0.05, 0) is 23.3 Å². The third kappa shape index (κ3) is 5.00. The van der Waals surface area contributed by atoms with Crippen LogP contribution in [0, 0.1) is 0 Å². The van der Waals surface area contributed by atoms with Gasteiger partial charge in [0, 0.05) is 10.9 Å². The number of amides is 2. The number of nitrogens with one attached hydrogen (secondary N) is 1. The molecule has 2 amide bonds. The molecule has 0 spiro atoms. The Hall–Kier alpha value is -2.14. The van der Waals surface area contributed by atoms with Crippen molar-refractivity contribution in [2.45, 2.75) is 18.9 Å². The molecule has 0 saturated heterocycles. The van der Waals surface area contributed by atoms with Gasteiger partial charge in [-0.15, -0.1) is 0 Å². The number of rotatable bonds is 6. The van der Waals surface area contributed by atoms with Crippen LogP contribution in [0.5, 0.6) is 0 Å². The normalized spacial score (nSPS) is 11.7. The fourth-order valence-corrected chi connectivity index (χ4v) is 2.60. The Labute approximate surface area is 137 Å². The maximum atomic E-state index is 12.1. The molecule has 5 heteroatoms. The number of hydrogen-bond acceptors (Lipinski definition) is 2. The van der Waals surface area contributed by atoms with E-state index < -0.39 is 11.9 Å². The van der Waals surface area contributed by atoms with Crippen LogP contribution in [-0.4, -0.2) is 17.9 Å². The van der Waals surface area contributed by atoms with Crippen molar-refractivity contribution >= 4 is 27.7 Å². The van der Waals surface area contributed by atoms with E-state index in [1.807, 2.05) is 54.6 Å². The van der Waals surface area contributed by atoms with E-state index in [1.165, 1.54) is 0 Å². The first-order valence-electron chi connectivity index (χ1n) is 6.91. The molecule has 1 atom stereocenters. The Balaban J connectivity index is 1.99. The van der Waals surface area contributed by atoms with Gasteiger partial charge in [0.15, 0.2) is 0 Å². The fourth-order valence-electron chi connectivity index (χ4n) is 2.15. The Bertz CT molecular complexity index is 659. The topological polar surface area (TPSA) is 72.2 Å². The van der Waals surface area contributed by atoms with Crippen molar-refractivity contribution in [1.29, 1.82) is 0 Å². The Morgan fingerprint density at radius 2 is 1.73 bits per heavy atom. The molecule has 0 saturated carbocycles. The van der Waals surface area contributed by atoms with E-state index in [4.69, 9.17) is 5.73 Å². The quantitative estimate of drug-likeness (QED) is 0.828. The summed E-state index contributed by atoms with van der Waals surface area (Å²) in [5.74, 6) is -0.758. The number of hydrogen-bond donors (Lipinski definition) is 2. The standard InChI is InChI=1S/C17H17BrN2O2/c18-14-8-4-7-13(9-14)10-15(17(19)22)20-16(21)11-12-5-2-1-3-6-12/h1-9,15H,10-11H2,(H2,19,22)(H,20,21)/t15-/m0/s1. The lowest BCUT2D eigenvalue weighted by atomic mass is 10.0. The molecular formula is C17H17BrN2O2.